The quantitative estimate of drug-likeness (QED) is 0.582. The van der Waals surface area contributed by atoms with E-state index in [2.05, 4.69) is 5.32 Å². The molecule has 0 heterocycles. The summed E-state index contributed by atoms with van der Waals surface area (Å²) in [5.74, 6) is -0.182. The van der Waals surface area contributed by atoms with Crippen LogP contribution < -0.4 is 14.8 Å². The molecule has 2 aromatic rings. The molecule has 0 bridgehead atoms. The number of carboxylic acids is 1. The molecule has 1 amide bonds. The first-order valence-electron chi connectivity index (χ1n) is 10.3. The van der Waals surface area contributed by atoms with Crippen molar-refractivity contribution in [1.82, 2.24) is 5.32 Å². The van der Waals surface area contributed by atoms with E-state index in [9.17, 15) is 14.7 Å². The van der Waals surface area contributed by atoms with Gasteiger partial charge in [0.25, 0.3) is 0 Å². The molecular formula is C24H31NO5. The van der Waals surface area contributed by atoms with Crippen LogP contribution in [0.25, 0.3) is 0 Å². The molecule has 0 fully saturated rings. The fraction of sp³-hybridized carbons (Fsp3) is 0.417. The largest absolute Gasteiger partial charge is 0.487 e. The lowest BCUT2D eigenvalue weighted by molar-refractivity contribution is -0.141. The van der Waals surface area contributed by atoms with Crippen LogP contribution in [0.5, 0.6) is 11.5 Å². The van der Waals surface area contributed by atoms with Gasteiger partial charge in [0.2, 0.25) is 5.91 Å². The Morgan fingerprint density at radius 2 is 1.53 bits per heavy atom. The second kappa shape index (κ2) is 11.2. The number of hydrogen-bond donors (Lipinski definition) is 2. The molecule has 0 aliphatic rings. The first kappa shape index (κ1) is 23.3. The second-order valence-corrected chi connectivity index (χ2v) is 7.76. The predicted molar refractivity (Wildman–Crippen MR) is 116 cm³/mol. The molecule has 2 rings (SSSR count). The van der Waals surface area contributed by atoms with E-state index >= 15 is 0 Å². The van der Waals surface area contributed by atoms with Crippen LogP contribution in [-0.4, -0.2) is 35.2 Å². The lowest BCUT2D eigenvalue weighted by atomic mass is 10.0. The van der Waals surface area contributed by atoms with Gasteiger partial charge in [-0.15, -0.1) is 0 Å². The molecule has 2 aromatic carbocycles. The van der Waals surface area contributed by atoms with E-state index in [0.29, 0.717) is 17.9 Å². The summed E-state index contributed by atoms with van der Waals surface area (Å²) in [7, 11) is 0. The van der Waals surface area contributed by atoms with Crippen molar-refractivity contribution in [3.63, 3.8) is 0 Å². The number of hydrogen-bond acceptors (Lipinski definition) is 4. The van der Waals surface area contributed by atoms with Crippen molar-refractivity contribution in [2.75, 3.05) is 0 Å². The zero-order chi connectivity index (χ0) is 22.1. The fourth-order valence-corrected chi connectivity index (χ4v) is 2.98. The molecule has 6 heteroatoms. The zero-order valence-electron chi connectivity index (χ0n) is 18.1. The normalized spacial score (nSPS) is 11.9. The number of rotatable bonds is 11. The van der Waals surface area contributed by atoms with Crippen molar-refractivity contribution >= 4 is 11.9 Å². The van der Waals surface area contributed by atoms with Crippen molar-refractivity contribution in [3.8, 4) is 11.5 Å². The first-order valence-corrected chi connectivity index (χ1v) is 10.3. The van der Waals surface area contributed by atoms with Crippen LogP contribution in [0.15, 0.2) is 48.5 Å². The number of nitrogens with one attached hydrogen (secondary N) is 1. The molecule has 30 heavy (non-hydrogen) atoms. The van der Waals surface area contributed by atoms with Crippen LogP contribution in [0, 0.1) is 0 Å². The summed E-state index contributed by atoms with van der Waals surface area (Å²) >= 11 is 0. The van der Waals surface area contributed by atoms with Gasteiger partial charge in [0.15, 0.2) is 11.5 Å². The predicted octanol–water partition coefficient (Wildman–Crippen LogP) is 4.01. The molecule has 6 nitrogen and oxygen atoms in total. The van der Waals surface area contributed by atoms with Gasteiger partial charge in [-0.3, -0.25) is 4.79 Å². The molecule has 0 saturated carbocycles. The lowest BCUT2D eigenvalue weighted by Crippen LogP contribution is -2.42. The van der Waals surface area contributed by atoms with E-state index in [0.717, 1.165) is 11.1 Å². The SMILES string of the molecule is CC(C)Oc1ccc(C[C@H](NC(=O)CCc2ccccc2)C(=O)O)cc1OC(C)C. The summed E-state index contributed by atoms with van der Waals surface area (Å²) in [6, 6.07) is 14.0. The molecule has 0 unspecified atom stereocenters. The maximum Gasteiger partial charge on any atom is 0.326 e. The van der Waals surface area contributed by atoms with Crippen molar-refractivity contribution < 1.29 is 24.2 Å². The van der Waals surface area contributed by atoms with Gasteiger partial charge in [0, 0.05) is 12.8 Å². The number of aryl methyl sites for hydroxylation is 1. The van der Waals surface area contributed by atoms with Crippen molar-refractivity contribution in [2.45, 2.75) is 65.2 Å². The number of benzene rings is 2. The third kappa shape index (κ3) is 7.78. The van der Waals surface area contributed by atoms with Gasteiger partial charge >= 0.3 is 5.97 Å². The standard InChI is InChI=1S/C24H31NO5/c1-16(2)29-21-12-10-19(15-22(21)30-17(3)4)14-20(24(27)28)25-23(26)13-11-18-8-6-5-7-9-18/h5-10,12,15-17,20H,11,13-14H2,1-4H3,(H,25,26)(H,27,28)/t20-/m0/s1. The van der Waals surface area contributed by atoms with Gasteiger partial charge in [-0.05, 0) is 57.4 Å². The van der Waals surface area contributed by atoms with Crippen LogP contribution in [0.2, 0.25) is 0 Å². The summed E-state index contributed by atoms with van der Waals surface area (Å²) in [5.41, 5.74) is 1.79. The third-order valence-electron chi connectivity index (χ3n) is 4.29. The molecule has 0 saturated heterocycles. The third-order valence-corrected chi connectivity index (χ3v) is 4.29. The molecule has 1 atom stereocenters. The van der Waals surface area contributed by atoms with Crippen molar-refractivity contribution in [3.05, 3.63) is 59.7 Å². The highest BCUT2D eigenvalue weighted by atomic mass is 16.5. The Kier molecular flexibility index (Phi) is 8.71. The highest BCUT2D eigenvalue weighted by Crippen LogP contribution is 2.30. The van der Waals surface area contributed by atoms with Gasteiger partial charge in [-0.2, -0.15) is 0 Å². The van der Waals surface area contributed by atoms with Crippen LogP contribution in [0.3, 0.4) is 0 Å². The zero-order valence-corrected chi connectivity index (χ0v) is 18.1. The van der Waals surface area contributed by atoms with E-state index < -0.39 is 12.0 Å². The minimum Gasteiger partial charge on any atom is -0.487 e. The number of carbonyl (C=O) groups excluding carboxylic acids is 1. The lowest BCUT2D eigenvalue weighted by Gasteiger charge is -2.19. The summed E-state index contributed by atoms with van der Waals surface area (Å²) in [4.78, 5) is 24.0. The van der Waals surface area contributed by atoms with Gasteiger partial charge in [0.1, 0.15) is 6.04 Å². The van der Waals surface area contributed by atoms with Crippen LogP contribution in [0.1, 0.15) is 45.2 Å². The molecular weight excluding hydrogens is 382 g/mol. The molecule has 2 N–H and O–H groups in total. The topological polar surface area (TPSA) is 84.9 Å². The van der Waals surface area contributed by atoms with Gasteiger partial charge in [0.05, 0.1) is 12.2 Å². The van der Waals surface area contributed by atoms with Crippen LogP contribution in [-0.2, 0) is 22.4 Å². The Morgan fingerprint density at radius 1 is 0.900 bits per heavy atom. The van der Waals surface area contributed by atoms with Gasteiger partial charge < -0.3 is 19.9 Å². The van der Waals surface area contributed by atoms with Crippen molar-refractivity contribution in [2.24, 2.45) is 0 Å². The molecule has 0 aliphatic carbocycles. The second-order valence-electron chi connectivity index (χ2n) is 7.76. The molecule has 0 radical (unpaired) electrons. The number of aliphatic carboxylic acids is 1. The van der Waals surface area contributed by atoms with Crippen LogP contribution >= 0.6 is 0 Å². The Labute approximate surface area is 178 Å². The minimum absolute atomic E-state index is 0.0129. The molecule has 0 aromatic heterocycles. The highest BCUT2D eigenvalue weighted by Gasteiger charge is 2.21. The first-order chi connectivity index (χ1) is 14.2. The Morgan fingerprint density at radius 3 is 2.13 bits per heavy atom. The molecule has 162 valence electrons. The summed E-state index contributed by atoms with van der Waals surface area (Å²) in [6.45, 7) is 7.69. The number of amides is 1. The van der Waals surface area contributed by atoms with Gasteiger partial charge in [-0.25, -0.2) is 4.79 Å². The Bertz CT molecular complexity index is 833. The van der Waals surface area contributed by atoms with E-state index in [1.165, 1.54) is 0 Å². The molecule has 0 spiro atoms. The average Bonchev–Trinajstić information content (AvgIpc) is 2.68. The van der Waals surface area contributed by atoms with E-state index in [4.69, 9.17) is 9.47 Å². The maximum atomic E-state index is 12.3. The maximum absolute atomic E-state index is 12.3. The number of carboxylic acid groups (broad SMARTS) is 1. The monoisotopic (exact) mass is 413 g/mol. The minimum atomic E-state index is -1.07. The number of carbonyl (C=O) groups is 2. The Balaban J connectivity index is 2.05. The Hall–Kier alpha value is -3.02. The van der Waals surface area contributed by atoms with E-state index in [1.807, 2.05) is 58.0 Å². The highest BCUT2D eigenvalue weighted by molar-refractivity contribution is 5.83. The summed E-state index contributed by atoms with van der Waals surface area (Å²) in [5, 5.41) is 12.2. The van der Waals surface area contributed by atoms with Gasteiger partial charge in [-0.1, -0.05) is 36.4 Å². The summed E-state index contributed by atoms with van der Waals surface area (Å²) < 4.78 is 11.6. The van der Waals surface area contributed by atoms with E-state index in [1.54, 1.807) is 18.2 Å². The summed E-state index contributed by atoms with van der Waals surface area (Å²) in [6.07, 6.45) is 0.885. The number of ether oxygens (including phenoxy) is 2. The average molecular weight is 414 g/mol. The fourth-order valence-electron chi connectivity index (χ4n) is 2.98. The van der Waals surface area contributed by atoms with E-state index in [-0.39, 0.29) is 31.0 Å². The van der Waals surface area contributed by atoms with Crippen molar-refractivity contribution in [1.29, 1.82) is 0 Å². The smallest absolute Gasteiger partial charge is 0.326 e. The van der Waals surface area contributed by atoms with Crippen LogP contribution in [0.4, 0.5) is 0 Å². The molecule has 0 aliphatic heterocycles.